The van der Waals surface area contributed by atoms with E-state index < -0.39 is 21.8 Å². The Morgan fingerprint density at radius 3 is 2.32 bits per heavy atom. The maximum absolute atomic E-state index is 12.9. The molecule has 2 heterocycles. The summed E-state index contributed by atoms with van der Waals surface area (Å²) in [5, 5.41) is 1.17. The van der Waals surface area contributed by atoms with E-state index in [9.17, 15) is 21.6 Å². The second-order valence-electron chi connectivity index (χ2n) is 9.58. The summed E-state index contributed by atoms with van der Waals surface area (Å²) in [6, 6.07) is 21.0. The molecule has 200 valence electrons. The number of alkyl halides is 3. The van der Waals surface area contributed by atoms with Gasteiger partial charge in [-0.1, -0.05) is 36.4 Å². The lowest BCUT2D eigenvalue weighted by molar-refractivity contribution is -0.137. The molecular formula is C29H29F3N2O3S. The predicted molar refractivity (Wildman–Crippen MR) is 143 cm³/mol. The van der Waals surface area contributed by atoms with Gasteiger partial charge in [0, 0.05) is 30.2 Å². The molecule has 0 amide bonds. The molecule has 3 aromatic carbocycles. The van der Waals surface area contributed by atoms with Gasteiger partial charge in [-0.2, -0.15) is 13.2 Å². The standard InChI is InChI=1S/C29H29F3N2O3S/c30-29(31,32)24-8-10-25(11-9-24)37-17-4-18-38(35,36)34-15-13-22(14-16-34)27-20-33-28-12-7-23(19-26(27)28)21-5-2-1-3-6-21/h1-3,5-12,19-20,22,33H,4,13-18H2. The Balaban J connectivity index is 1.15. The van der Waals surface area contributed by atoms with Gasteiger partial charge < -0.3 is 9.72 Å². The maximum Gasteiger partial charge on any atom is 0.416 e. The quantitative estimate of drug-likeness (QED) is 0.248. The van der Waals surface area contributed by atoms with Crippen molar-refractivity contribution in [3.63, 3.8) is 0 Å². The van der Waals surface area contributed by atoms with Crippen LogP contribution < -0.4 is 4.74 Å². The van der Waals surface area contributed by atoms with Crippen LogP contribution in [0.1, 0.15) is 36.3 Å². The van der Waals surface area contributed by atoms with Crippen molar-refractivity contribution in [2.45, 2.75) is 31.4 Å². The molecule has 0 radical (unpaired) electrons. The monoisotopic (exact) mass is 542 g/mol. The molecule has 5 nitrogen and oxygen atoms in total. The first-order valence-electron chi connectivity index (χ1n) is 12.6. The van der Waals surface area contributed by atoms with E-state index in [0.717, 1.165) is 41.6 Å². The number of benzene rings is 3. The molecule has 1 aromatic heterocycles. The second-order valence-corrected chi connectivity index (χ2v) is 11.7. The highest BCUT2D eigenvalue weighted by Gasteiger charge is 2.31. The van der Waals surface area contributed by atoms with Crippen molar-refractivity contribution >= 4 is 20.9 Å². The first-order valence-corrected chi connectivity index (χ1v) is 14.3. The number of sulfonamides is 1. The van der Waals surface area contributed by atoms with Crippen LogP contribution in [-0.2, 0) is 16.2 Å². The molecule has 9 heteroatoms. The lowest BCUT2D eigenvalue weighted by Crippen LogP contribution is -2.39. The molecule has 1 aliphatic heterocycles. The van der Waals surface area contributed by atoms with E-state index in [1.54, 1.807) is 4.31 Å². The van der Waals surface area contributed by atoms with Crippen molar-refractivity contribution < 1.29 is 26.3 Å². The Labute approximate surface area is 220 Å². The van der Waals surface area contributed by atoms with Gasteiger partial charge in [-0.3, -0.25) is 0 Å². The molecule has 0 spiro atoms. The summed E-state index contributed by atoms with van der Waals surface area (Å²) in [7, 11) is -3.44. The number of aromatic amines is 1. The van der Waals surface area contributed by atoms with Crippen LogP contribution in [0, 0.1) is 0 Å². The number of ether oxygens (including phenoxy) is 1. The number of rotatable bonds is 8. The fraction of sp³-hybridized carbons (Fsp3) is 0.310. The van der Waals surface area contributed by atoms with Crippen LogP contribution in [0.2, 0.25) is 0 Å². The van der Waals surface area contributed by atoms with Gasteiger partial charge in [-0.15, -0.1) is 0 Å². The Kier molecular flexibility index (Phi) is 7.49. The van der Waals surface area contributed by atoms with Crippen LogP contribution in [0.5, 0.6) is 5.75 Å². The average molecular weight is 543 g/mol. The number of H-pyrrole nitrogens is 1. The predicted octanol–water partition coefficient (Wildman–Crippen LogP) is 6.83. The topological polar surface area (TPSA) is 62.4 Å². The summed E-state index contributed by atoms with van der Waals surface area (Å²) < 4.78 is 70.8. The molecule has 0 saturated carbocycles. The third-order valence-corrected chi connectivity index (χ3v) is 9.06. The van der Waals surface area contributed by atoms with Crippen LogP contribution in [0.3, 0.4) is 0 Å². The summed E-state index contributed by atoms with van der Waals surface area (Å²) in [4.78, 5) is 3.36. The number of hydrogen-bond acceptors (Lipinski definition) is 3. The first kappa shape index (κ1) is 26.3. The third kappa shape index (κ3) is 5.89. The Hall–Kier alpha value is -3.30. The van der Waals surface area contributed by atoms with Gasteiger partial charge in [0.15, 0.2) is 0 Å². The van der Waals surface area contributed by atoms with Crippen molar-refractivity contribution in [3.8, 4) is 16.9 Å². The summed E-state index contributed by atoms with van der Waals surface area (Å²) in [6.07, 6.45) is -0.617. The smallest absolute Gasteiger partial charge is 0.416 e. The number of nitrogens with zero attached hydrogens (tertiary/aromatic N) is 1. The zero-order valence-electron chi connectivity index (χ0n) is 20.7. The number of halogens is 3. The Bertz CT molecular complexity index is 1480. The minimum absolute atomic E-state index is 0.0637. The summed E-state index contributed by atoms with van der Waals surface area (Å²) in [6.45, 7) is 1.02. The molecule has 5 rings (SSSR count). The van der Waals surface area contributed by atoms with E-state index in [0.29, 0.717) is 13.1 Å². The number of hydrogen-bond donors (Lipinski definition) is 1. The van der Waals surface area contributed by atoms with Gasteiger partial charge in [-0.25, -0.2) is 12.7 Å². The lowest BCUT2D eigenvalue weighted by atomic mass is 9.89. The molecule has 1 aliphatic rings. The van der Waals surface area contributed by atoms with E-state index in [2.05, 4.69) is 35.3 Å². The molecule has 1 N–H and O–H groups in total. The fourth-order valence-corrected chi connectivity index (χ4v) is 6.54. The van der Waals surface area contributed by atoms with E-state index in [1.807, 2.05) is 24.4 Å². The van der Waals surface area contributed by atoms with Crippen molar-refractivity contribution in [1.82, 2.24) is 9.29 Å². The normalized spacial score (nSPS) is 15.7. The Morgan fingerprint density at radius 2 is 1.63 bits per heavy atom. The first-order chi connectivity index (χ1) is 18.2. The SMILES string of the molecule is O=S(=O)(CCCOc1ccc(C(F)(F)F)cc1)N1CCC(c2c[nH]c3ccc(-c4ccccc4)cc23)CC1. The highest BCUT2D eigenvalue weighted by Crippen LogP contribution is 2.36. The fourth-order valence-electron chi connectivity index (χ4n) is 5.04. The molecular weight excluding hydrogens is 513 g/mol. The average Bonchev–Trinajstić information content (AvgIpc) is 3.35. The van der Waals surface area contributed by atoms with Crippen LogP contribution in [0.4, 0.5) is 13.2 Å². The molecule has 4 aromatic rings. The van der Waals surface area contributed by atoms with E-state index in [4.69, 9.17) is 4.74 Å². The van der Waals surface area contributed by atoms with E-state index in [1.165, 1.54) is 23.1 Å². The van der Waals surface area contributed by atoms with Crippen LogP contribution in [0.15, 0.2) is 79.0 Å². The van der Waals surface area contributed by atoms with Gasteiger partial charge in [0.05, 0.1) is 17.9 Å². The molecule has 0 unspecified atom stereocenters. The van der Waals surface area contributed by atoms with E-state index >= 15 is 0 Å². The molecule has 1 fully saturated rings. The van der Waals surface area contributed by atoms with Gasteiger partial charge in [0.25, 0.3) is 0 Å². The van der Waals surface area contributed by atoms with Gasteiger partial charge in [0.2, 0.25) is 10.0 Å². The van der Waals surface area contributed by atoms with Gasteiger partial charge in [0.1, 0.15) is 5.75 Å². The summed E-state index contributed by atoms with van der Waals surface area (Å²) in [5.41, 5.74) is 3.85. The summed E-state index contributed by atoms with van der Waals surface area (Å²) >= 11 is 0. The number of aromatic nitrogens is 1. The van der Waals surface area contributed by atoms with Crippen LogP contribution in [0.25, 0.3) is 22.0 Å². The van der Waals surface area contributed by atoms with Crippen LogP contribution in [-0.4, -0.2) is 43.2 Å². The van der Waals surface area contributed by atoms with Crippen molar-refractivity contribution in [1.29, 1.82) is 0 Å². The van der Waals surface area contributed by atoms with Gasteiger partial charge >= 0.3 is 6.18 Å². The minimum Gasteiger partial charge on any atom is -0.494 e. The van der Waals surface area contributed by atoms with E-state index in [-0.39, 0.29) is 30.4 Å². The highest BCUT2D eigenvalue weighted by atomic mass is 32.2. The Morgan fingerprint density at radius 1 is 0.921 bits per heavy atom. The number of nitrogens with one attached hydrogen (secondary N) is 1. The molecule has 1 saturated heterocycles. The zero-order chi connectivity index (χ0) is 26.8. The molecule has 38 heavy (non-hydrogen) atoms. The minimum atomic E-state index is -4.40. The van der Waals surface area contributed by atoms with Crippen molar-refractivity contribution in [2.24, 2.45) is 0 Å². The molecule has 0 aliphatic carbocycles. The van der Waals surface area contributed by atoms with Crippen LogP contribution >= 0.6 is 0 Å². The highest BCUT2D eigenvalue weighted by molar-refractivity contribution is 7.89. The second kappa shape index (κ2) is 10.8. The number of fused-ring (bicyclic) bond motifs is 1. The summed E-state index contributed by atoms with van der Waals surface area (Å²) in [5.74, 6) is 0.487. The van der Waals surface area contributed by atoms with Crippen molar-refractivity contribution in [3.05, 3.63) is 90.1 Å². The third-order valence-electron chi connectivity index (χ3n) is 7.11. The maximum atomic E-state index is 12.9. The zero-order valence-corrected chi connectivity index (χ0v) is 21.6. The van der Waals surface area contributed by atoms with Gasteiger partial charge in [-0.05, 0) is 78.3 Å². The lowest BCUT2D eigenvalue weighted by Gasteiger charge is -2.31. The number of piperidine rings is 1. The molecule has 0 bridgehead atoms. The van der Waals surface area contributed by atoms with Crippen molar-refractivity contribution in [2.75, 3.05) is 25.4 Å². The molecule has 0 atom stereocenters. The largest absolute Gasteiger partial charge is 0.494 e.